The molecule has 3 rings (SSSR count). The van der Waals surface area contributed by atoms with E-state index in [0.717, 1.165) is 5.56 Å². The van der Waals surface area contributed by atoms with Crippen LogP contribution in [0.25, 0.3) is 6.08 Å². The van der Waals surface area contributed by atoms with Gasteiger partial charge in [-0.15, -0.1) is 0 Å². The zero-order chi connectivity index (χ0) is 15.9. The molecule has 2 aromatic carbocycles. The zero-order valence-electron chi connectivity index (χ0n) is 12.9. The fourth-order valence-electron chi connectivity index (χ4n) is 2.41. The van der Waals surface area contributed by atoms with Gasteiger partial charge in [0.15, 0.2) is 5.76 Å². The minimum atomic E-state index is -0.203. The van der Waals surface area contributed by atoms with Gasteiger partial charge in [0.25, 0.3) is 0 Å². The van der Waals surface area contributed by atoms with Crippen LogP contribution in [0.2, 0.25) is 0 Å². The molecule has 0 aromatic heterocycles. The minimum absolute atomic E-state index is 0.0616. The lowest BCUT2D eigenvalue weighted by Gasteiger charge is -2.18. The van der Waals surface area contributed by atoms with E-state index in [-0.39, 0.29) is 22.7 Å². The number of fused-ring (bicyclic) bond motifs is 1. The lowest BCUT2D eigenvalue weighted by molar-refractivity contribution is 0.101. The van der Waals surface area contributed by atoms with Crippen LogP contribution in [0, 0.1) is 0 Å². The second-order valence-corrected chi connectivity index (χ2v) is 6.49. The highest BCUT2D eigenvalue weighted by Crippen LogP contribution is 2.34. The van der Waals surface area contributed by atoms with E-state index in [0.29, 0.717) is 11.3 Å². The molecule has 0 amide bonds. The lowest BCUT2D eigenvalue weighted by Crippen LogP contribution is -2.10. The maximum Gasteiger partial charge on any atom is 0.232 e. The summed E-state index contributed by atoms with van der Waals surface area (Å²) < 4.78 is 5.58. The first-order chi connectivity index (χ1) is 10.3. The van der Waals surface area contributed by atoms with Crippen LogP contribution in [-0.4, -0.2) is 10.9 Å². The Labute approximate surface area is 129 Å². The van der Waals surface area contributed by atoms with Crippen LogP contribution < -0.4 is 4.74 Å². The van der Waals surface area contributed by atoms with Crippen molar-refractivity contribution in [2.45, 2.75) is 26.2 Å². The maximum absolute atomic E-state index is 12.3. The molecule has 0 aliphatic carbocycles. The Morgan fingerprint density at radius 1 is 1.05 bits per heavy atom. The van der Waals surface area contributed by atoms with Gasteiger partial charge in [-0.3, -0.25) is 4.79 Å². The summed E-state index contributed by atoms with van der Waals surface area (Å²) >= 11 is 0. The molecule has 1 N–H and O–H groups in total. The Balaban J connectivity index is 1.90. The highest BCUT2D eigenvalue weighted by atomic mass is 16.5. The summed E-state index contributed by atoms with van der Waals surface area (Å²) in [6.07, 6.45) is 1.73. The molecule has 3 nitrogen and oxygen atoms in total. The summed E-state index contributed by atoms with van der Waals surface area (Å²) in [5.74, 6) is 0.627. The number of phenols is 1. The van der Waals surface area contributed by atoms with Crippen LogP contribution >= 0.6 is 0 Å². The van der Waals surface area contributed by atoms with Crippen molar-refractivity contribution in [3.8, 4) is 11.5 Å². The van der Waals surface area contributed by atoms with Crippen LogP contribution in [0.4, 0.5) is 0 Å². The van der Waals surface area contributed by atoms with Gasteiger partial charge < -0.3 is 9.84 Å². The molecule has 1 aliphatic heterocycles. The molecule has 112 valence electrons. The van der Waals surface area contributed by atoms with E-state index in [2.05, 4.69) is 32.9 Å². The van der Waals surface area contributed by atoms with Gasteiger partial charge in [-0.05, 0) is 40.8 Å². The average Bonchev–Trinajstić information content (AvgIpc) is 2.75. The molecule has 22 heavy (non-hydrogen) atoms. The van der Waals surface area contributed by atoms with Crippen molar-refractivity contribution in [2.24, 2.45) is 0 Å². The first kappa shape index (κ1) is 14.4. The van der Waals surface area contributed by atoms with E-state index in [4.69, 9.17) is 4.74 Å². The third kappa shape index (κ3) is 2.62. The Morgan fingerprint density at radius 3 is 2.36 bits per heavy atom. The number of phenolic OH excluding ortho intramolecular Hbond substituents is 1. The molecule has 3 heteroatoms. The Morgan fingerprint density at radius 2 is 1.73 bits per heavy atom. The van der Waals surface area contributed by atoms with Gasteiger partial charge in [0.2, 0.25) is 5.78 Å². The monoisotopic (exact) mass is 294 g/mol. The summed E-state index contributed by atoms with van der Waals surface area (Å²) in [5, 5.41) is 9.47. The molecule has 0 saturated carbocycles. The number of carbonyl (C=O) groups is 1. The molecule has 1 heterocycles. The van der Waals surface area contributed by atoms with Crippen molar-refractivity contribution in [1.29, 1.82) is 0 Å². The number of ether oxygens (including phenoxy) is 1. The Kier molecular flexibility index (Phi) is 3.28. The molecular weight excluding hydrogens is 276 g/mol. The molecule has 1 aliphatic rings. The maximum atomic E-state index is 12.3. The predicted octanol–water partition coefficient (Wildman–Crippen LogP) is 4.31. The number of benzene rings is 2. The molecular formula is C19H18O3. The van der Waals surface area contributed by atoms with E-state index < -0.39 is 0 Å². The van der Waals surface area contributed by atoms with Crippen LogP contribution in [0.15, 0.2) is 48.2 Å². The molecule has 0 unspecified atom stereocenters. The topological polar surface area (TPSA) is 46.5 Å². The smallest absolute Gasteiger partial charge is 0.232 e. The number of aromatic hydroxyl groups is 1. The van der Waals surface area contributed by atoms with Gasteiger partial charge in [0.1, 0.15) is 11.5 Å². The fraction of sp³-hybridized carbons (Fsp3) is 0.211. The number of hydrogen-bond donors (Lipinski definition) is 1. The standard InChI is InChI=1S/C19H18O3/c1-19(2,3)13-6-4-12(5-7-13)10-17-18(21)15-11-14(20)8-9-16(15)22-17/h4-11,20H,1-3H3/b17-10-. The number of rotatable bonds is 1. The zero-order valence-corrected chi connectivity index (χ0v) is 12.9. The highest BCUT2D eigenvalue weighted by molar-refractivity contribution is 6.14. The number of hydrogen-bond acceptors (Lipinski definition) is 3. The van der Waals surface area contributed by atoms with Crippen molar-refractivity contribution in [1.82, 2.24) is 0 Å². The fourth-order valence-corrected chi connectivity index (χ4v) is 2.41. The molecule has 0 saturated heterocycles. The second kappa shape index (κ2) is 5.02. The largest absolute Gasteiger partial charge is 0.508 e. The van der Waals surface area contributed by atoms with E-state index >= 15 is 0 Å². The van der Waals surface area contributed by atoms with E-state index in [1.54, 1.807) is 12.1 Å². The summed E-state index contributed by atoms with van der Waals surface area (Å²) in [5.41, 5.74) is 2.64. The molecule has 0 fully saturated rings. The quantitative estimate of drug-likeness (QED) is 0.797. The molecule has 0 bridgehead atoms. The first-order valence-electron chi connectivity index (χ1n) is 7.22. The van der Waals surface area contributed by atoms with E-state index in [9.17, 15) is 9.90 Å². The third-order valence-electron chi connectivity index (χ3n) is 3.73. The molecule has 0 atom stereocenters. The normalized spacial score (nSPS) is 15.8. The van der Waals surface area contributed by atoms with Crippen LogP contribution in [0.3, 0.4) is 0 Å². The summed E-state index contributed by atoms with van der Waals surface area (Å²) in [6.45, 7) is 6.48. The van der Waals surface area contributed by atoms with Crippen molar-refractivity contribution in [3.05, 3.63) is 64.9 Å². The van der Waals surface area contributed by atoms with Gasteiger partial charge in [0.05, 0.1) is 5.56 Å². The first-order valence-corrected chi connectivity index (χ1v) is 7.22. The van der Waals surface area contributed by atoms with Gasteiger partial charge in [0, 0.05) is 0 Å². The SMILES string of the molecule is CC(C)(C)c1ccc(/C=C2\Oc3ccc(O)cc3C2=O)cc1. The molecule has 0 radical (unpaired) electrons. The minimum Gasteiger partial charge on any atom is -0.508 e. The number of carbonyl (C=O) groups excluding carboxylic acids is 1. The van der Waals surface area contributed by atoms with Crippen LogP contribution in [-0.2, 0) is 5.41 Å². The summed E-state index contributed by atoms with van der Waals surface area (Å²) in [4.78, 5) is 12.3. The number of ketones is 1. The van der Waals surface area contributed by atoms with E-state index in [1.165, 1.54) is 17.7 Å². The number of Topliss-reactive ketones (excluding diaryl/α,β-unsaturated/α-hetero) is 1. The lowest BCUT2D eigenvalue weighted by atomic mass is 9.86. The second-order valence-electron chi connectivity index (χ2n) is 6.49. The van der Waals surface area contributed by atoms with Gasteiger partial charge in [-0.2, -0.15) is 0 Å². The molecule has 0 spiro atoms. The average molecular weight is 294 g/mol. The summed E-state index contributed by atoms with van der Waals surface area (Å²) in [6, 6.07) is 12.6. The van der Waals surface area contributed by atoms with Crippen molar-refractivity contribution < 1.29 is 14.6 Å². The van der Waals surface area contributed by atoms with Crippen molar-refractivity contribution in [3.63, 3.8) is 0 Å². The Bertz CT molecular complexity index is 762. The summed E-state index contributed by atoms with van der Waals surface area (Å²) in [7, 11) is 0. The van der Waals surface area contributed by atoms with Crippen LogP contribution in [0.1, 0.15) is 42.3 Å². The van der Waals surface area contributed by atoms with Crippen molar-refractivity contribution in [2.75, 3.05) is 0 Å². The molecule has 2 aromatic rings. The van der Waals surface area contributed by atoms with E-state index in [1.807, 2.05) is 12.1 Å². The van der Waals surface area contributed by atoms with Crippen LogP contribution in [0.5, 0.6) is 11.5 Å². The van der Waals surface area contributed by atoms with Gasteiger partial charge in [-0.25, -0.2) is 0 Å². The van der Waals surface area contributed by atoms with Gasteiger partial charge in [-0.1, -0.05) is 45.0 Å². The van der Waals surface area contributed by atoms with Gasteiger partial charge >= 0.3 is 0 Å². The predicted molar refractivity (Wildman–Crippen MR) is 86.2 cm³/mol. The van der Waals surface area contributed by atoms with Crippen molar-refractivity contribution >= 4 is 11.9 Å². The highest BCUT2D eigenvalue weighted by Gasteiger charge is 2.27. The Hall–Kier alpha value is -2.55. The third-order valence-corrected chi connectivity index (χ3v) is 3.73. The number of allylic oxidation sites excluding steroid dienone is 1.